The Kier molecular flexibility index (Phi) is 6.74. The first-order valence-corrected chi connectivity index (χ1v) is 8.40. The molecule has 0 saturated carbocycles. The number of sulfonamides is 1. The molecule has 1 rings (SSSR count). The van der Waals surface area contributed by atoms with E-state index in [4.69, 9.17) is 4.74 Å². The number of ether oxygens (including phenoxy) is 1. The second-order valence-electron chi connectivity index (χ2n) is 4.72. The molecule has 1 aliphatic rings. The van der Waals surface area contributed by atoms with Crippen LogP contribution in [0, 0.1) is 0 Å². The number of hydrogen-bond acceptors (Lipinski definition) is 4. The third kappa shape index (κ3) is 4.74. The maximum Gasteiger partial charge on any atom is 0.238 e. The highest BCUT2D eigenvalue weighted by Gasteiger charge is 2.37. The summed E-state index contributed by atoms with van der Waals surface area (Å²) < 4.78 is 30.4. The van der Waals surface area contributed by atoms with Crippen molar-refractivity contribution >= 4 is 15.9 Å². The lowest BCUT2D eigenvalue weighted by Crippen LogP contribution is -2.46. The minimum Gasteiger partial charge on any atom is -0.385 e. The molecule has 0 aliphatic carbocycles. The van der Waals surface area contributed by atoms with E-state index in [1.165, 1.54) is 4.31 Å². The summed E-state index contributed by atoms with van der Waals surface area (Å²) in [5, 5.41) is 2.78. The summed E-state index contributed by atoms with van der Waals surface area (Å²) in [5.74, 6) is -0.0752. The Labute approximate surface area is 115 Å². The maximum atomic E-state index is 12.0. The molecule has 1 saturated heterocycles. The van der Waals surface area contributed by atoms with E-state index in [1.807, 2.05) is 6.92 Å². The summed E-state index contributed by atoms with van der Waals surface area (Å²) in [5.41, 5.74) is 0. The van der Waals surface area contributed by atoms with Crippen molar-refractivity contribution in [1.82, 2.24) is 9.62 Å². The number of amides is 1. The summed E-state index contributed by atoms with van der Waals surface area (Å²) in [6, 6.07) is -0.529. The van der Waals surface area contributed by atoms with Gasteiger partial charge in [0.05, 0.1) is 5.75 Å². The third-order valence-corrected chi connectivity index (χ3v) is 5.23. The molecule has 0 aromatic rings. The van der Waals surface area contributed by atoms with Crippen LogP contribution in [0.3, 0.4) is 0 Å². The summed E-state index contributed by atoms with van der Waals surface area (Å²) >= 11 is 0. The molecule has 0 bridgehead atoms. The molecule has 1 aliphatic heterocycles. The van der Waals surface area contributed by atoms with Crippen molar-refractivity contribution in [2.75, 3.05) is 32.6 Å². The fourth-order valence-corrected chi connectivity index (χ4v) is 4.00. The van der Waals surface area contributed by atoms with Crippen molar-refractivity contribution in [2.24, 2.45) is 0 Å². The first-order chi connectivity index (χ1) is 9.03. The summed E-state index contributed by atoms with van der Waals surface area (Å²) in [7, 11) is -1.68. The van der Waals surface area contributed by atoms with Gasteiger partial charge in [-0.05, 0) is 25.7 Å². The minimum absolute atomic E-state index is 0.112. The first kappa shape index (κ1) is 16.4. The Hall–Kier alpha value is -0.660. The largest absolute Gasteiger partial charge is 0.385 e. The van der Waals surface area contributed by atoms with E-state index >= 15 is 0 Å². The third-order valence-electron chi connectivity index (χ3n) is 3.15. The van der Waals surface area contributed by atoms with E-state index < -0.39 is 16.1 Å². The molecular formula is C12H24N2O4S. The van der Waals surface area contributed by atoms with Gasteiger partial charge in [0.1, 0.15) is 6.04 Å². The van der Waals surface area contributed by atoms with Gasteiger partial charge < -0.3 is 10.1 Å². The minimum atomic E-state index is -3.29. The number of rotatable bonds is 8. The number of hydrogen-bond donors (Lipinski definition) is 1. The Balaban J connectivity index is 2.54. The Bertz CT molecular complexity index is 383. The van der Waals surface area contributed by atoms with Crippen LogP contribution < -0.4 is 5.32 Å². The highest BCUT2D eigenvalue weighted by atomic mass is 32.2. The van der Waals surface area contributed by atoms with Crippen LogP contribution in [0.1, 0.15) is 32.6 Å². The number of nitrogens with zero attached hydrogens (tertiary/aromatic N) is 1. The molecule has 0 aromatic heterocycles. The van der Waals surface area contributed by atoms with Crippen LogP contribution >= 0.6 is 0 Å². The lowest BCUT2D eigenvalue weighted by molar-refractivity contribution is -0.124. The van der Waals surface area contributed by atoms with Gasteiger partial charge in [-0.25, -0.2) is 8.42 Å². The summed E-state index contributed by atoms with van der Waals surface area (Å²) in [4.78, 5) is 12.0. The standard InChI is InChI=1S/C12H24N2O4S/c1-3-10-19(16,17)14-8-4-6-11(14)12(15)13-7-5-9-18-2/h11H,3-10H2,1-2H3,(H,13,15). The molecule has 1 amide bonds. The van der Waals surface area contributed by atoms with Crippen LogP contribution in [-0.4, -0.2) is 57.2 Å². The van der Waals surface area contributed by atoms with Crippen LogP contribution in [0.5, 0.6) is 0 Å². The molecule has 0 radical (unpaired) electrons. The quantitative estimate of drug-likeness (QED) is 0.655. The van der Waals surface area contributed by atoms with Gasteiger partial charge in [0.25, 0.3) is 0 Å². The second kappa shape index (κ2) is 7.81. The predicted molar refractivity (Wildman–Crippen MR) is 73.3 cm³/mol. The number of nitrogens with one attached hydrogen (secondary N) is 1. The molecule has 6 nitrogen and oxygen atoms in total. The van der Waals surface area contributed by atoms with E-state index in [0.29, 0.717) is 32.5 Å². The highest BCUT2D eigenvalue weighted by Crippen LogP contribution is 2.21. The molecule has 1 unspecified atom stereocenters. The van der Waals surface area contributed by atoms with Crippen molar-refractivity contribution in [2.45, 2.75) is 38.6 Å². The van der Waals surface area contributed by atoms with Gasteiger partial charge in [-0.2, -0.15) is 4.31 Å². The second-order valence-corrected chi connectivity index (χ2v) is 6.76. The van der Waals surface area contributed by atoms with Crippen LogP contribution in [0.2, 0.25) is 0 Å². The number of methoxy groups -OCH3 is 1. The van der Waals surface area contributed by atoms with E-state index in [-0.39, 0.29) is 11.7 Å². The molecule has 0 spiro atoms. The van der Waals surface area contributed by atoms with E-state index in [9.17, 15) is 13.2 Å². The van der Waals surface area contributed by atoms with Crippen molar-refractivity contribution < 1.29 is 17.9 Å². The summed E-state index contributed by atoms with van der Waals surface area (Å²) in [6.45, 7) is 3.39. The molecule has 1 fully saturated rings. The maximum absolute atomic E-state index is 12.0. The zero-order chi connectivity index (χ0) is 14.3. The van der Waals surface area contributed by atoms with Crippen molar-refractivity contribution in [3.63, 3.8) is 0 Å². The molecule has 0 aromatic carbocycles. The molecule has 1 N–H and O–H groups in total. The fourth-order valence-electron chi connectivity index (χ4n) is 2.26. The van der Waals surface area contributed by atoms with Gasteiger partial charge in [-0.1, -0.05) is 6.92 Å². The zero-order valence-electron chi connectivity index (χ0n) is 11.7. The lowest BCUT2D eigenvalue weighted by Gasteiger charge is -2.23. The molecular weight excluding hydrogens is 268 g/mol. The SMILES string of the molecule is CCCS(=O)(=O)N1CCCC1C(=O)NCCCOC. The van der Waals surface area contributed by atoms with Gasteiger partial charge in [-0.3, -0.25) is 4.79 Å². The fraction of sp³-hybridized carbons (Fsp3) is 0.917. The predicted octanol–water partition coefficient (Wildman–Crippen LogP) is 0.343. The molecule has 1 heterocycles. The van der Waals surface area contributed by atoms with Gasteiger partial charge in [0.2, 0.25) is 15.9 Å². The summed E-state index contributed by atoms with van der Waals surface area (Å²) in [6.07, 6.45) is 2.66. The topological polar surface area (TPSA) is 75.7 Å². The Morgan fingerprint density at radius 2 is 2.21 bits per heavy atom. The van der Waals surface area contributed by atoms with Crippen LogP contribution in [0.4, 0.5) is 0 Å². The number of carbonyl (C=O) groups is 1. The van der Waals surface area contributed by atoms with Gasteiger partial charge in [0.15, 0.2) is 0 Å². The van der Waals surface area contributed by atoms with E-state index in [0.717, 1.165) is 12.8 Å². The Morgan fingerprint density at radius 1 is 1.47 bits per heavy atom. The normalized spacial score (nSPS) is 20.6. The Morgan fingerprint density at radius 3 is 2.84 bits per heavy atom. The molecule has 1 atom stereocenters. The monoisotopic (exact) mass is 292 g/mol. The van der Waals surface area contributed by atoms with Crippen molar-refractivity contribution in [1.29, 1.82) is 0 Å². The van der Waals surface area contributed by atoms with Gasteiger partial charge >= 0.3 is 0 Å². The molecule has 112 valence electrons. The van der Waals surface area contributed by atoms with Crippen LogP contribution in [0.25, 0.3) is 0 Å². The lowest BCUT2D eigenvalue weighted by atomic mass is 10.2. The van der Waals surface area contributed by atoms with E-state index in [2.05, 4.69) is 5.32 Å². The first-order valence-electron chi connectivity index (χ1n) is 6.79. The van der Waals surface area contributed by atoms with Crippen molar-refractivity contribution in [3.05, 3.63) is 0 Å². The van der Waals surface area contributed by atoms with Crippen LogP contribution in [-0.2, 0) is 19.6 Å². The molecule has 19 heavy (non-hydrogen) atoms. The average Bonchev–Trinajstić information content (AvgIpc) is 2.84. The van der Waals surface area contributed by atoms with Gasteiger partial charge in [-0.15, -0.1) is 0 Å². The highest BCUT2D eigenvalue weighted by molar-refractivity contribution is 7.89. The van der Waals surface area contributed by atoms with Crippen molar-refractivity contribution in [3.8, 4) is 0 Å². The average molecular weight is 292 g/mol. The number of carbonyl (C=O) groups excluding carboxylic acids is 1. The van der Waals surface area contributed by atoms with Gasteiger partial charge in [0, 0.05) is 26.8 Å². The van der Waals surface area contributed by atoms with Crippen LogP contribution in [0.15, 0.2) is 0 Å². The molecule has 7 heteroatoms. The smallest absolute Gasteiger partial charge is 0.238 e. The van der Waals surface area contributed by atoms with E-state index in [1.54, 1.807) is 7.11 Å². The zero-order valence-corrected chi connectivity index (χ0v) is 12.5.